The highest BCUT2D eigenvalue weighted by molar-refractivity contribution is 6.17. The molecule has 0 aromatic heterocycles. The van der Waals surface area contributed by atoms with Gasteiger partial charge in [-0.25, -0.2) is 0 Å². The molecule has 19 heavy (non-hydrogen) atoms. The van der Waals surface area contributed by atoms with E-state index in [0.717, 1.165) is 43.9 Å². The minimum atomic E-state index is 0.0931. The zero-order chi connectivity index (χ0) is 13.7. The molecule has 1 amide bonds. The van der Waals surface area contributed by atoms with Crippen LogP contribution in [0.4, 0.5) is 0 Å². The highest BCUT2D eigenvalue weighted by Crippen LogP contribution is 2.16. The van der Waals surface area contributed by atoms with Gasteiger partial charge < -0.3 is 9.64 Å². The second-order valence-corrected chi connectivity index (χ2v) is 5.17. The summed E-state index contributed by atoms with van der Waals surface area (Å²) in [5.74, 6) is 1.05. The molecule has 1 fully saturated rings. The van der Waals surface area contributed by atoms with E-state index in [1.807, 2.05) is 36.1 Å². The maximum atomic E-state index is 12.4. The minimum Gasteiger partial charge on any atom is -0.381 e. The standard InChI is InChI=1S/C15H20ClNO2/c1-2-17(10-13-7-8-19-11-13)15(18)14-5-3-12(9-16)4-6-14/h3-6,13H,2,7-11H2,1H3. The number of carbonyl (C=O) groups is 1. The van der Waals surface area contributed by atoms with Gasteiger partial charge in [-0.3, -0.25) is 4.79 Å². The summed E-state index contributed by atoms with van der Waals surface area (Å²) in [5, 5.41) is 0. The number of hydrogen-bond donors (Lipinski definition) is 0. The molecule has 1 unspecified atom stereocenters. The lowest BCUT2D eigenvalue weighted by Crippen LogP contribution is -2.35. The molecule has 0 bridgehead atoms. The number of benzene rings is 1. The van der Waals surface area contributed by atoms with Crippen LogP contribution in [-0.2, 0) is 10.6 Å². The third kappa shape index (κ3) is 3.71. The molecule has 0 N–H and O–H groups in total. The van der Waals surface area contributed by atoms with Crippen molar-refractivity contribution in [2.24, 2.45) is 5.92 Å². The van der Waals surface area contributed by atoms with E-state index in [1.54, 1.807) is 0 Å². The summed E-state index contributed by atoms with van der Waals surface area (Å²) in [5.41, 5.74) is 1.76. The van der Waals surface area contributed by atoms with Crippen LogP contribution in [0.15, 0.2) is 24.3 Å². The Morgan fingerprint density at radius 1 is 1.42 bits per heavy atom. The van der Waals surface area contributed by atoms with Crippen molar-refractivity contribution in [2.45, 2.75) is 19.2 Å². The predicted octanol–water partition coefficient (Wildman–Crippen LogP) is 2.92. The van der Waals surface area contributed by atoms with Gasteiger partial charge in [0.2, 0.25) is 0 Å². The van der Waals surface area contributed by atoms with Crippen molar-refractivity contribution in [1.82, 2.24) is 4.90 Å². The van der Waals surface area contributed by atoms with Gasteiger partial charge in [-0.05, 0) is 31.0 Å². The van der Waals surface area contributed by atoms with Gasteiger partial charge in [-0.1, -0.05) is 12.1 Å². The SMILES string of the molecule is CCN(CC1CCOC1)C(=O)c1ccc(CCl)cc1. The number of alkyl halides is 1. The van der Waals surface area contributed by atoms with Gasteiger partial charge in [0.1, 0.15) is 0 Å². The van der Waals surface area contributed by atoms with Gasteiger partial charge in [0.25, 0.3) is 5.91 Å². The van der Waals surface area contributed by atoms with Crippen molar-refractivity contribution in [2.75, 3.05) is 26.3 Å². The van der Waals surface area contributed by atoms with Crippen LogP contribution in [0.3, 0.4) is 0 Å². The zero-order valence-electron chi connectivity index (χ0n) is 11.3. The molecule has 2 rings (SSSR count). The lowest BCUT2D eigenvalue weighted by atomic mass is 10.1. The van der Waals surface area contributed by atoms with Crippen LogP contribution in [0.25, 0.3) is 0 Å². The van der Waals surface area contributed by atoms with Crippen molar-refractivity contribution >= 4 is 17.5 Å². The molecule has 1 aromatic carbocycles. The van der Waals surface area contributed by atoms with Crippen LogP contribution in [-0.4, -0.2) is 37.1 Å². The van der Waals surface area contributed by atoms with Crippen LogP contribution in [0.5, 0.6) is 0 Å². The number of ether oxygens (including phenoxy) is 1. The monoisotopic (exact) mass is 281 g/mol. The first-order chi connectivity index (χ1) is 9.24. The summed E-state index contributed by atoms with van der Waals surface area (Å²) < 4.78 is 5.37. The molecule has 1 heterocycles. The number of carbonyl (C=O) groups excluding carboxylic acids is 1. The molecule has 1 aromatic rings. The zero-order valence-corrected chi connectivity index (χ0v) is 12.0. The Kier molecular flexibility index (Phi) is 5.23. The Balaban J connectivity index is 2.01. The van der Waals surface area contributed by atoms with Crippen molar-refractivity contribution < 1.29 is 9.53 Å². The fourth-order valence-electron chi connectivity index (χ4n) is 2.31. The maximum absolute atomic E-state index is 12.4. The van der Waals surface area contributed by atoms with Gasteiger partial charge in [0.15, 0.2) is 0 Å². The summed E-state index contributed by atoms with van der Waals surface area (Å²) in [6.07, 6.45) is 1.05. The van der Waals surface area contributed by atoms with Crippen LogP contribution in [0, 0.1) is 5.92 Å². The first-order valence-electron chi connectivity index (χ1n) is 6.76. The van der Waals surface area contributed by atoms with Crippen molar-refractivity contribution in [3.05, 3.63) is 35.4 Å². The molecule has 3 nitrogen and oxygen atoms in total. The molecule has 1 atom stereocenters. The van der Waals surface area contributed by atoms with E-state index in [2.05, 4.69) is 0 Å². The first kappa shape index (κ1) is 14.4. The maximum Gasteiger partial charge on any atom is 0.253 e. The molecule has 0 saturated carbocycles. The van der Waals surface area contributed by atoms with E-state index in [4.69, 9.17) is 16.3 Å². The Bertz CT molecular complexity index is 413. The Hall–Kier alpha value is -1.06. The fourth-order valence-corrected chi connectivity index (χ4v) is 2.49. The number of nitrogens with zero attached hydrogens (tertiary/aromatic N) is 1. The van der Waals surface area contributed by atoms with E-state index in [0.29, 0.717) is 11.8 Å². The quantitative estimate of drug-likeness (QED) is 0.777. The first-order valence-corrected chi connectivity index (χ1v) is 7.30. The van der Waals surface area contributed by atoms with Crippen molar-refractivity contribution in [3.8, 4) is 0 Å². The Labute approximate surface area is 119 Å². The third-order valence-electron chi connectivity index (χ3n) is 3.53. The molecule has 1 saturated heterocycles. The molecular formula is C15H20ClNO2. The van der Waals surface area contributed by atoms with Crippen molar-refractivity contribution in [1.29, 1.82) is 0 Å². The lowest BCUT2D eigenvalue weighted by Gasteiger charge is -2.23. The Morgan fingerprint density at radius 3 is 2.68 bits per heavy atom. The number of amides is 1. The second kappa shape index (κ2) is 6.92. The highest BCUT2D eigenvalue weighted by atomic mass is 35.5. The largest absolute Gasteiger partial charge is 0.381 e. The average molecular weight is 282 g/mol. The molecule has 0 aliphatic carbocycles. The van der Waals surface area contributed by atoms with Gasteiger partial charge in [-0.15, -0.1) is 11.6 Å². The Morgan fingerprint density at radius 2 is 2.16 bits per heavy atom. The molecule has 1 aliphatic heterocycles. The molecule has 4 heteroatoms. The fraction of sp³-hybridized carbons (Fsp3) is 0.533. The van der Waals surface area contributed by atoms with Crippen molar-refractivity contribution in [3.63, 3.8) is 0 Å². The summed E-state index contributed by atoms with van der Waals surface area (Å²) in [6.45, 7) is 5.12. The second-order valence-electron chi connectivity index (χ2n) is 4.90. The molecule has 0 spiro atoms. The van der Waals surface area contributed by atoms with E-state index in [-0.39, 0.29) is 5.91 Å². The van der Waals surface area contributed by atoms with E-state index < -0.39 is 0 Å². The molecule has 1 aliphatic rings. The smallest absolute Gasteiger partial charge is 0.253 e. The van der Waals surface area contributed by atoms with E-state index >= 15 is 0 Å². The van der Waals surface area contributed by atoms with Gasteiger partial charge in [0.05, 0.1) is 6.61 Å². The molecular weight excluding hydrogens is 262 g/mol. The topological polar surface area (TPSA) is 29.5 Å². The van der Waals surface area contributed by atoms with Gasteiger partial charge in [0, 0.05) is 37.1 Å². The lowest BCUT2D eigenvalue weighted by molar-refractivity contribution is 0.0731. The number of halogens is 1. The molecule has 0 radical (unpaired) electrons. The summed E-state index contributed by atoms with van der Waals surface area (Å²) >= 11 is 5.75. The van der Waals surface area contributed by atoms with Crippen LogP contribution < -0.4 is 0 Å². The number of rotatable bonds is 5. The van der Waals surface area contributed by atoms with Crippen LogP contribution in [0.2, 0.25) is 0 Å². The normalized spacial score (nSPS) is 18.5. The predicted molar refractivity (Wildman–Crippen MR) is 76.5 cm³/mol. The van der Waals surface area contributed by atoms with Gasteiger partial charge in [-0.2, -0.15) is 0 Å². The third-order valence-corrected chi connectivity index (χ3v) is 3.84. The number of hydrogen-bond acceptors (Lipinski definition) is 2. The van der Waals surface area contributed by atoms with Crippen LogP contribution in [0.1, 0.15) is 29.3 Å². The molecule has 104 valence electrons. The van der Waals surface area contributed by atoms with Crippen LogP contribution >= 0.6 is 11.6 Å². The van der Waals surface area contributed by atoms with Gasteiger partial charge >= 0.3 is 0 Å². The summed E-state index contributed by atoms with van der Waals surface area (Å²) in [7, 11) is 0. The summed E-state index contributed by atoms with van der Waals surface area (Å²) in [6, 6.07) is 7.53. The summed E-state index contributed by atoms with van der Waals surface area (Å²) in [4.78, 5) is 14.3. The average Bonchev–Trinajstić information content (AvgIpc) is 2.97. The minimum absolute atomic E-state index is 0.0931. The highest BCUT2D eigenvalue weighted by Gasteiger charge is 2.22. The van der Waals surface area contributed by atoms with E-state index in [1.165, 1.54) is 0 Å². The van der Waals surface area contributed by atoms with E-state index in [9.17, 15) is 4.79 Å².